The summed E-state index contributed by atoms with van der Waals surface area (Å²) in [7, 11) is 1.67. The molecule has 0 saturated carbocycles. The molecule has 2 N–H and O–H groups in total. The first-order valence-corrected chi connectivity index (χ1v) is 5.69. The SMILES string of the molecule is COC(C)(C)Cn1nnnc1-c1ccc(N)cc1. The molecule has 2 rings (SSSR count). The molecule has 1 aromatic carbocycles. The number of nitrogens with two attached hydrogens (primary N) is 1. The van der Waals surface area contributed by atoms with E-state index in [2.05, 4.69) is 15.5 Å². The van der Waals surface area contributed by atoms with Gasteiger partial charge in [-0.3, -0.25) is 0 Å². The van der Waals surface area contributed by atoms with Crippen molar-refractivity contribution in [2.75, 3.05) is 12.8 Å². The molecule has 0 spiro atoms. The van der Waals surface area contributed by atoms with Crippen molar-refractivity contribution in [3.05, 3.63) is 24.3 Å². The number of aromatic nitrogens is 4. The third-order valence-corrected chi connectivity index (χ3v) is 2.78. The van der Waals surface area contributed by atoms with Crippen LogP contribution in [0.2, 0.25) is 0 Å². The fraction of sp³-hybridized carbons (Fsp3) is 0.417. The second-order valence-electron chi connectivity index (χ2n) is 4.75. The maximum Gasteiger partial charge on any atom is 0.182 e. The first-order chi connectivity index (χ1) is 8.52. The molecule has 0 aliphatic rings. The normalized spacial score (nSPS) is 11.7. The number of ether oxygens (including phenoxy) is 1. The molecule has 0 unspecified atom stereocenters. The van der Waals surface area contributed by atoms with E-state index in [4.69, 9.17) is 10.5 Å². The molecule has 1 heterocycles. The Morgan fingerprint density at radius 3 is 2.56 bits per heavy atom. The highest BCUT2D eigenvalue weighted by Crippen LogP contribution is 2.19. The number of nitrogens with zero attached hydrogens (tertiary/aromatic N) is 4. The second-order valence-corrected chi connectivity index (χ2v) is 4.75. The molecule has 0 aliphatic carbocycles. The van der Waals surface area contributed by atoms with E-state index in [0.717, 1.165) is 11.3 Å². The molecule has 0 radical (unpaired) electrons. The summed E-state index contributed by atoms with van der Waals surface area (Å²) in [5.74, 6) is 0.708. The van der Waals surface area contributed by atoms with Crippen LogP contribution in [0.1, 0.15) is 13.8 Å². The summed E-state index contributed by atoms with van der Waals surface area (Å²) in [6.45, 7) is 4.55. The molecule has 0 saturated heterocycles. The van der Waals surface area contributed by atoms with Crippen molar-refractivity contribution in [2.24, 2.45) is 0 Å². The Morgan fingerprint density at radius 1 is 1.28 bits per heavy atom. The topological polar surface area (TPSA) is 78.8 Å². The standard InChI is InChI=1S/C12H17N5O/c1-12(2,18-3)8-17-11(14-15-16-17)9-4-6-10(13)7-5-9/h4-7H,8,13H2,1-3H3. The number of anilines is 1. The predicted octanol–water partition coefficient (Wildman–Crippen LogP) is 1.35. The quantitative estimate of drug-likeness (QED) is 0.825. The Balaban J connectivity index is 2.30. The van der Waals surface area contributed by atoms with Crippen LogP contribution in [-0.2, 0) is 11.3 Å². The molecule has 6 nitrogen and oxygen atoms in total. The Bertz CT molecular complexity index is 518. The van der Waals surface area contributed by atoms with Gasteiger partial charge in [-0.25, -0.2) is 4.68 Å². The van der Waals surface area contributed by atoms with Gasteiger partial charge >= 0.3 is 0 Å². The number of tetrazole rings is 1. The minimum absolute atomic E-state index is 0.321. The minimum atomic E-state index is -0.321. The molecular weight excluding hydrogens is 230 g/mol. The molecule has 18 heavy (non-hydrogen) atoms. The third-order valence-electron chi connectivity index (χ3n) is 2.78. The van der Waals surface area contributed by atoms with Gasteiger partial charge in [0.25, 0.3) is 0 Å². The molecule has 0 fully saturated rings. The van der Waals surface area contributed by atoms with E-state index in [9.17, 15) is 0 Å². The minimum Gasteiger partial charge on any atom is -0.399 e. The molecule has 0 amide bonds. The molecule has 0 atom stereocenters. The van der Waals surface area contributed by atoms with E-state index in [1.54, 1.807) is 11.8 Å². The average molecular weight is 247 g/mol. The molecular formula is C12H17N5O. The molecule has 96 valence electrons. The van der Waals surface area contributed by atoms with Gasteiger partial charge < -0.3 is 10.5 Å². The van der Waals surface area contributed by atoms with Crippen LogP contribution < -0.4 is 5.73 Å². The van der Waals surface area contributed by atoms with Gasteiger partial charge in [0, 0.05) is 18.4 Å². The molecule has 1 aromatic heterocycles. The Morgan fingerprint density at radius 2 is 1.94 bits per heavy atom. The maximum atomic E-state index is 5.66. The highest BCUT2D eigenvalue weighted by molar-refractivity contribution is 5.58. The largest absolute Gasteiger partial charge is 0.399 e. The first-order valence-electron chi connectivity index (χ1n) is 5.69. The zero-order chi connectivity index (χ0) is 13.2. The van der Waals surface area contributed by atoms with Gasteiger partial charge in [0.1, 0.15) is 0 Å². The van der Waals surface area contributed by atoms with Crippen LogP contribution in [0.3, 0.4) is 0 Å². The van der Waals surface area contributed by atoms with Gasteiger partial charge in [0.15, 0.2) is 5.82 Å². The number of methoxy groups -OCH3 is 1. The van der Waals surface area contributed by atoms with E-state index < -0.39 is 0 Å². The Kier molecular flexibility index (Phi) is 3.29. The summed E-state index contributed by atoms with van der Waals surface area (Å²) in [5.41, 5.74) is 6.99. The average Bonchev–Trinajstić information content (AvgIpc) is 2.77. The predicted molar refractivity (Wildman–Crippen MR) is 68.8 cm³/mol. The van der Waals surface area contributed by atoms with Crippen LogP contribution in [0.5, 0.6) is 0 Å². The summed E-state index contributed by atoms with van der Waals surface area (Å²) in [6, 6.07) is 7.46. The van der Waals surface area contributed by atoms with Gasteiger partial charge in [-0.2, -0.15) is 0 Å². The van der Waals surface area contributed by atoms with E-state index >= 15 is 0 Å². The summed E-state index contributed by atoms with van der Waals surface area (Å²) in [4.78, 5) is 0. The van der Waals surface area contributed by atoms with Crippen molar-refractivity contribution in [1.29, 1.82) is 0 Å². The van der Waals surface area contributed by atoms with Crippen LogP contribution in [0.4, 0.5) is 5.69 Å². The number of nitrogen functional groups attached to an aromatic ring is 1. The maximum absolute atomic E-state index is 5.66. The monoisotopic (exact) mass is 247 g/mol. The van der Waals surface area contributed by atoms with Crippen molar-refractivity contribution < 1.29 is 4.74 Å². The highest BCUT2D eigenvalue weighted by Gasteiger charge is 2.20. The fourth-order valence-corrected chi connectivity index (χ4v) is 1.58. The number of hydrogen-bond donors (Lipinski definition) is 1. The molecule has 0 aliphatic heterocycles. The zero-order valence-electron chi connectivity index (χ0n) is 10.8. The van der Waals surface area contributed by atoms with E-state index in [1.165, 1.54) is 0 Å². The van der Waals surface area contributed by atoms with Gasteiger partial charge in [-0.1, -0.05) is 0 Å². The van der Waals surface area contributed by atoms with Gasteiger partial charge in [-0.15, -0.1) is 5.10 Å². The van der Waals surface area contributed by atoms with Crippen LogP contribution >= 0.6 is 0 Å². The van der Waals surface area contributed by atoms with Crippen LogP contribution in [-0.4, -0.2) is 32.9 Å². The lowest BCUT2D eigenvalue weighted by atomic mass is 10.1. The molecule has 0 bridgehead atoms. The van der Waals surface area contributed by atoms with Gasteiger partial charge in [0.05, 0.1) is 12.1 Å². The third kappa shape index (κ3) is 2.65. The fourth-order valence-electron chi connectivity index (χ4n) is 1.58. The Hall–Kier alpha value is -1.95. The summed E-state index contributed by atoms with van der Waals surface area (Å²) < 4.78 is 7.12. The van der Waals surface area contributed by atoms with Gasteiger partial charge in [-0.05, 0) is 48.5 Å². The molecule has 2 aromatic rings. The van der Waals surface area contributed by atoms with Crippen molar-refractivity contribution in [3.8, 4) is 11.4 Å². The first kappa shape index (κ1) is 12.5. The second kappa shape index (κ2) is 4.73. The van der Waals surface area contributed by atoms with Crippen molar-refractivity contribution in [1.82, 2.24) is 20.2 Å². The number of benzene rings is 1. The lowest BCUT2D eigenvalue weighted by Crippen LogP contribution is -2.30. The van der Waals surface area contributed by atoms with E-state index in [0.29, 0.717) is 12.4 Å². The Labute approximate surface area is 106 Å². The summed E-state index contributed by atoms with van der Waals surface area (Å²) >= 11 is 0. The van der Waals surface area contributed by atoms with Crippen molar-refractivity contribution in [3.63, 3.8) is 0 Å². The van der Waals surface area contributed by atoms with Crippen molar-refractivity contribution >= 4 is 5.69 Å². The van der Waals surface area contributed by atoms with Crippen LogP contribution in [0.25, 0.3) is 11.4 Å². The van der Waals surface area contributed by atoms with Gasteiger partial charge in [0.2, 0.25) is 0 Å². The molecule has 6 heteroatoms. The lowest BCUT2D eigenvalue weighted by Gasteiger charge is -2.22. The van der Waals surface area contributed by atoms with Crippen LogP contribution in [0, 0.1) is 0 Å². The number of rotatable bonds is 4. The van der Waals surface area contributed by atoms with E-state index in [-0.39, 0.29) is 5.60 Å². The van der Waals surface area contributed by atoms with Crippen molar-refractivity contribution in [2.45, 2.75) is 26.0 Å². The smallest absolute Gasteiger partial charge is 0.182 e. The summed E-state index contributed by atoms with van der Waals surface area (Å²) in [5, 5.41) is 11.7. The van der Waals surface area contributed by atoms with Crippen LogP contribution in [0.15, 0.2) is 24.3 Å². The lowest BCUT2D eigenvalue weighted by molar-refractivity contribution is 0.00538. The zero-order valence-corrected chi connectivity index (χ0v) is 10.8. The number of hydrogen-bond acceptors (Lipinski definition) is 5. The summed E-state index contributed by atoms with van der Waals surface area (Å²) in [6.07, 6.45) is 0. The highest BCUT2D eigenvalue weighted by atomic mass is 16.5. The van der Waals surface area contributed by atoms with E-state index in [1.807, 2.05) is 38.1 Å².